The molecule has 0 aliphatic heterocycles. The lowest BCUT2D eigenvalue weighted by Crippen LogP contribution is -2.27. The van der Waals surface area contributed by atoms with Crippen molar-refractivity contribution in [2.45, 2.75) is 19.4 Å². The van der Waals surface area contributed by atoms with Crippen molar-refractivity contribution in [2.24, 2.45) is 0 Å². The lowest BCUT2D eigenvalue weighted by Gasteiger charge is -2.28. The van der Waals surface area contributed by atoms with Gasteiger partial charge in [-0.3, -0.25) is 0 Å². The van der Waals surface area contributed by atoms with Crippen molar-refractivity contribution in [1.29, 1.82) is 0 Å². The minimum Gasteiger partial charge on any atom is -0.508 e. The summed E-state index contributed by atoms with van der Waals surface area (Å²) in [4.78, 5) is 0. The van der Waals surface area contributed by atoms with E-state index in [9.17, 15) is 5.11 Å². The molecular formula is C15H17NO. The van der Waals surface area contributed by atoms with E-state index in [-0.39, 0.29) is 5.54 Å². The van der Waals surface area contributed by atoms with Crippen molar-refractivity contribution in [3.05, 3.63) is 60.2 Å². The predicted octanol–water partition coefficient (Wildman–Crippen LogP) is 3.74. The van der Waals surface area contributed by atoms with E-state index < -0.39 is 0 Å². The molecule has 0 aliphatic carbocycles. The van der Waals surface area contributed by atoms with Crippen LogP contribution in [0.2, 0.25) is 0 Å². The third kappa shape index (κ3) is 2.78. The number of phenols is 1. The molecular weight excluding hydrogens is 210 g/mol. The van der Waals surface area contributed by atoms with Crippen LogP contribution in [0.1, 0.15) is 19.4 Å². The lowest BCUT2D eigenvalue weighted by molar-refractivity contribution is 0.474. The smallest absolute Gasteiger partial charge is 0.115 e. The zero-order chi connectivity index (χ0) is 12.3. The van der Waals surface area contributed by atoms with Crippen molar-refractivity contribution < 1.29 is 5.11 Å². The second-order valence-corrected chi connectivity index (χ2v) is 4.66. The molecule has 0 aliphatic rings. The highest BCUT2D eigenvalue weighted by Crippen LogP contribution is 2.26. The van der Waals surface area contributed by atoms with Crippen LogP contribution in [0.4, 0.5) is 5.69 Å². The minimum absolute atomic E-state index is 0.172. The normalized spacial score (nSPS) is 11.2. The van der Waals surface area contributed by atoms with Gasteiger partial charge in [0, 0.05) is 5.69 Å². The van der Waals surface area contributed by atoms with E-state index in [0.29, 0.717) is 5.75 Å². The van der Waals surface area contributed by atoms with Crippen LogP contribution in [0, 0.1) is 0 Å². The van der Waals surface area contributed by atoms with Crippen molar-refractivity contribution in [3.63, 3.8) is 0 Å². The van der Waals surface area contributed by atoms with Gasteiger partial charge in [0.15, 0.2) is 0 Å². The topological polar surface area (TPSA) is 32.3 Å². The van der Waals surface area contributed by atoms with E-state index in [1.807, 2.05) is 42.5 Å². The molecule has 0 saturated heterocycles. The summed E-state index contributed by atoms with van der Waals surface area (Å²) in [6, 6.07) is 17.4. The fraction of sp³-hybridized carbons (Fsp3) is 0.200. The molecule has 0 bridgehead atoms. The molecule has 0 spiro atoms. The molecule has 2 aromatic carbocycles. The van der Waals surface area contributed by atoms with E-state index in [1.54, 1.807) is 12.1 Å². The van der Waals surface area contributed by atoms with Crippen LogP contribution in [-0.4, -0.2) is 5.11 Å². The van der Waals surface area contributed by atoms with Crippen LogP contribution >= 0.6 is 0 Å². The van der Waals surface area contributed by atoms with E-state index in [0.717, 1.165) is 11.3 Å². The Morgan fingerprint density at radius 2 is 1.47 bits per heavy atom. The molecule has 0 unspecified atom stereocenters. The number of hydrogen-bond donors (Lipinski definition) is 2. The predicted molar refractivity (Wildman–Crippen MR) is 71.2 cm³/mol. The monoisotopic (exact) mass is 227 g/mol. The van der Waals surface area contributed by atoms with Gasteiger partial charge in [0.25, 0.3) is 0 Å². The number of hydrogen-bond acceptors (Lipinski definition) is 2. The molecule has 0 saturated carbocycles. The SMILES string of the molecule is CC(C)(Nc1ccccc1)c1ccc(O)cc1. The van der Waals surface area contributed by atoms with Crippen molar-refractivity contribution in [1.82, 2.24) is 0 Å². The van der Waals surface area contributed by atoms with E-state index in [1.165, 1.54) is 0 Å². The fourth-order valence-electron chi connectivity index (χ4n) is 1.83. The average Bonchev–Trinajstić information content (AvgIpc) is 2.30. The van der Waals surface area contributed by atoms with Gasteiger partial charge in [0.1, 0.15) is 5.75 Å². The molecule has 2 heteroatoms. The summed E-state index contributed by atoms with van der Waals surface area (Å²) in [5.74, 6) is 0.296. The lowest BCUT2D eigenvalue weighted by atomic mass is 9.94. The van der Waals surface area contributed by atoms with Crippen molar-refractivity contribution >= 4 is 5.69 Å². The van der Waals surface area contributed by atoms with Crippen LogP contribution in [0.15, 0.2) is 54.6 Å². The average molecular weight is 227 g/mol. The standard InChI is InChI=1S/C15H17NO/c1-15(2,12-8-10-14(17)11-9-12)16-13-6-4-3-5-7-13/h3-11,16-17H,1-2H3. The van der Waals surface area contributed by atoms with Crippen LogP contribution in [0.25, 0.3) is 0 Å². The summed E-state index contributed by atoms with van der Waals surface area (Å²) in [6.07, 6.45) is 0. The Hall–Kier alpha value is -1.96. The zero-order valence-corrected chi connectivity index (χ0v) is 10.1. The molecule has 17 heavy (non-hydrogen) atoms. The van der Waals surface area contributed by atoms with Gasteiger partial charge in [-0.25, -0.2) is 0 Å². The van der Waals surface area contributed by atoms with Gasteiger partial charge in [0.05, 0.1) is 5.54 Å². The second-order valence-electron chi connectivity index (χ2n) is 4.66. The summed E-state index contributed by atoms with van der Waals surface area (Å²) in [5.41, 5.74) is 2.06. The summed E-state index contributed by atoms with van der Waals surface area (Å²) in [7, 11) is 0. The zero-order valence-electron chi connectivity index (χ0n) is 10.1. The Morgan fingerprint density at radius 3 is 2.06 bits per heavy atom. The highest BCUT2D eigenvalue weighted by atomic mass is 16.3. The summed E-state index contributed by atoms with van der Waals surface area (Å²) < 4.78 is 0. The molecule has 2 rings (SSSR count). The molecule has 2 aromatic rings. The third-order valence-electron chi connectivity index (χ3n) is 2.82. The summed E-state index contributed by atoms with van der Waals surface area (Å²) >= 11 is 0. The van der Waals surface area contributed by atoms with Gasteiger partial charge in [-0.2, -0.15) is 0 Å². The van der Waals surface area contributed by atoms with Gasteiger partial charge in [-0.1, -0.05) is 30.3 Å². The number of anilines is 1. The highest BCUT2D eigenvalue weighted by molar-refractivity contribution is 5.47. The van der Waals surface area contributed by atoms with E-state index in [4.69, 9.17) is 0 Å². The van der Waals surface area contributed by atoms with Gasteiger partial charge in [0.2, 0.25) is 0 Å². The number of benzene rings is 2. The van der Waals surface area contributed by atoms with Crippen molar-refractivity contribution in [2.75, 3.05) is 5.32 Å². The Morgan fingerprint density at radius 1 is 0.882 bits per heavy atom. The number of aromatic hydroxyl groups is 1. The molecule has 2 nitrogen and oxygen atoms in total. The maximum atomic E-state index is 9.29. The molecule has 0 fully saturated rings. The van der Waals surface area contributed by atoms with Gasteiger partial charge in [-0.15, -0.1) is 0 Å². The number of nitrogens with one attached hydrogen (secondary N) is 1. The Bertz CT molecular complexity index is 474. The summed E-state index contributed by atoms with van der Waals surface area (Å²) in [5, 5.41) is 12.8. The van der Waals surface area contributed by atoms with Crippen LogP contribution < -0.4 is 5.32 Å². The first-order chi connectivity index (χ1) is 8.08. The second kappa shape index (κ2) is 4.50. The first-order valence-electron chi connectivity index (χ1n) is 5.71. The molecule has 0 amide bonds. The van der Waals surface area contributed by atoms with Crippen LogP contribution in [-0.2, 0) is 5.54 Å². The minimum atomic E-state index is -0.172. The maximum Gasteiger partial charge on any atom is 0.115 e. The van der Waals surface area contributed by atoms with Crippen LogP contribution in [0.3, 0.4) is 0 Å². The third-order valence-corrected chi connectivity index (χ3v) is 2.82. The number of rotatable bonds is 3. The van der Waals surface area contributed by atoms with Gasteiger partial charge >= 0.3 is 0 Å². The Kier molecular flexibility index (Phi) is 3.05. The summed E-state index contributed by atoms with van der Waals surface area (Å²) in [6.45, 7) is 4.23. The Labute approximate surface area is 102 Å². The molecule has 88 valence electrons. The molecule has 2 N–H and O–H groups in total. The van der Waals surface area contributed by atoms with E-state index >= 15 is 0 Å². The largest absolute Gasteiger partial charge is 0.508 e. The quantitative estimate of drug-likeness (QED) is 0.837. The van der Waals surface area contributed by atoms with Crippen molar-refractivity contribution in [3.8, 4) is 5.75 Å². The molecule has 0 atom stereocenters. The highest BCUT2D eigenvalue weighted by Gasteiger charge is 2.19. The Balaban J connectivity index is 2.21. The maximum absolute atomic E-state index is 9.29. The number of para-hydroxylation sites is 1. The first kappa shape index (κ1) is 11.5. The fourth-order valence-corrected chi connectivity index (χ4v) is 1.83. The molecule has 0 heterocycles. The van der Waals surface area contributed by atoms with Gasteiger partial charge in [-0.05, 0) is 43.7 Å². The first-order valence-corrected chi connectivity index (χ1v) is 5.71. The van der Waals surface area contributed by atoms with Crippen LogP contribution in [0.5, 0.6) is 5.75 Å². The molecule has 0 aromatic heterocycles. The van der Waals surface area contributed by atoms with Gasteiger partial charge < -0.3 is 10.4 Å². The molecule has 0 radical (unpaired) electrons. The van der Waals surface area contributed by atoms with E-state index in [2.05, 4.69) is 19.2 Å². The number of phenolic OH excluding ortho intramolecular Hbond substituents is 1.